The fourth-order valence-corrected chi connectivity index (χ4v) is 4.59. The molecule has 0 fully saturated rings. The molecule has 0 bridgehead atoms. The average molecular weight is 395 g/mol. The number of benzene rings is 3. The lowest BCUT2D eigenvalue weighted by molar-refractivity contribution is 0.288. The SMILES string of the molecule is CCn1c2ccccc2c2cc(-c3nc4ccc(C)cc4cc3CCCO)ccc21. The second-order valence-corrected chi connectivity index (χ2v) is 8.01. The van der Waals surface area contributed by atoms with E-state index in [4.69, 9.17) is 4.98 Å². The number of pyridine rings is 1. The van der Waals surface area contributed by atoms with Gasteiger partial charge in [0.1, 0.15) is 0 Å². The molecule has 0 aliphatic rings. The van der Waals surface area contributed by atoms with Gasteiger partial charge >= 0.3 is 0 Å². The van der Waals surface area contributed by atoms with E-state index in [1.54, 1.807) is 0 Å². The first-order valence-corrected chi connectivity index (χ1v) is 10.7. The Morgan fingerprint density at radius 1 is 0.900 bits per heavy atom. The van der Waals surface area contributed by atoms with Crippen molar-refractivity contribution in [2.75, 3.05) is 6.61 Å². The minimum Gasteiger partial charge on any atom is -0.396 e. The molecular formula is C27H26N2O. The van der Waals surface area contributed by atoms with Crippen LogP contribution in [0.15, 0.2) is 66.7 Å². The third-order valence-electron chi connectivity index (χ3n) is 6.02. The smallest absolute Gasteiger partial charge is 0.0741 e. The van der Waals surface area contributed by atoms with Gasteiger partial charge in [0.05, 0.1) is 11.2 Å². The van der Waals surface area contributed by atoms with Crippen LogP contribution in [-0.2, 0) is 13.0 Å². The van der Waals surface area contributed by atoms with E-state index >= 15 is 0 Å². The Kier molecular flexibility index (Phi) is 4.76. The Hall–Kier alpha value is -3.17. The first-order valence-electron chi connectivity index (χ1n) is 10.7. The molecule has 0 amide bonds. The van der Waals surface area contributed by atoms with Gasteiger partial charge in [0.25, 0.3) is 0 Å². The lowest BCUT2D eigenvalue weighted by Crippen LogP contribution is -1.98. The van der Waals surface area contributed by atoms with Crippen LogP contribution in [0.25, 0.3) is 44.0 Å². The highest BCUT2D eigenvalue weighted by Gasteiger charge is 2.14. The fraction of sp³-hybridized carbons (Fsp3) is 0.222. The summed E-state index contributed by atoms with van der Waals surface area (Å²) in [7, 11) is 0. The van der Waals surface area contributed by atoms with Crippen LogP contribution in [0.3, 0.4) is 0 Å². The van der Waals surface area contributed by atoms with E-state index in [9.17, 15) is 5.11 Å². The number of aryl methyl sites for hydroxylation is 3. The van der Waals surface area contributed by atoms with E-state index in [1.807, 2.05) is 0 Å². The quantitative estimate of drug-likeness (QED) is 0.382. The molecule has 150 valence electrons. The summed E-state index contributed by atoms with van der Waals surface area (Å²) in [6.45, 7) is 5.44. The Bertz CT molecular complexity index is 1380. The van der Waals surface area contributed by atoms with Gasteiger partial charge in [0.2, 0.25) is 0 Å². The zero-order valence-corrected chi connectivity index (χ0v) is 17.5. The number of hydrogen-bond donors (Lipinski definition) is 1. The number of aliphatic hydroxyl groups is 1. The molecule has 3 aromatic carbocycles. The summed E-state index contributed by atoms with van der Waals surface area (Å²) < 4.78 is 2.37. The van der Waals surface area contributed by atoms with Gasteiger partial charge in [-0.1, -0.05) is 35.9 Å². The first-order chi connectivity index (χ1) is 14.7. The summed E-state index contributed by atoms with van der Waals surface area (Å²) in [5.74, 6) is 0. The standard InChI is InChI=1S/C27H26N2O/c1-3-29-25-9-5-4-8-22(25)23-17-20(11-13-26(23)29)27-19(7-6-14-30)16-21-15-18(2)10-12-24(21)28-27/h4-5,8-13,15-17,30H,3,6-7,14H2,1-2H3. The minimum absolute atomic E-state index is 0.189. The van der Waals surface area contributed by atoms with Crippen molar-refractivity contribution in [3.63, 3.8) is 0 Å². The number of aromatic nitrogens is 2. The summed E-state index contributed by atoms with van der Waals surface area (Å²) in [5.41, 5.74) is 8.14. The highest BCUT2D eigenvalue weighted by molar-refractivity contribution is 6.09. The van der Waals surface area contributed by atoms with Crippen molar-refractivity contribution in [3.05, 3.63) is 77.9 Å². The molecule has 0 saturated carbocycles. The Balaban J connectivity index is 1.76. The van der Waals surface area contributed by atoms with E-state index in [-0.39, 0.29) is 6.61 Å². The van der Waals surface area contributed by atoms with Crippen molar-refractivity contribution in [2.45, 2.75) is 33.2 Å². The van der Waals surface area contributed by atoms with E-state index in [2.05, 4.69) is 85.1 Å². The maximum atomic E-state index is 9.41. The van der Waals surface area contributed by atoms with E-state index in [1.165, 1.54) is 32.9 Å². The van der Waals surface area contributed by atoms with Crippen LogP contribution >= 0.6 is 0 Å². The highest BCUT2D eigenvalue weighted by Crippen LogP contribution is 2.34. The Morgan fingerprint density at radius 2 is 1.73 bits per heavy atom. The lowest BCUT2D eigenvalue weighted by atomic mass is 9.98. The molecule has 0 radical (unpaired) electrons. The molecule has 0 atom stereocenters. The third-order valence-corrected chi connectivity index (χ3v) is 6.02. The van der Waals surface area contributed by atoms with Crippen LogP contribution in [0.4, 0.5) is 0 Å². The number of rotatable bonds is 5. The van der Waals surface area contributed by atoms with Crippen molar-refractivity contribution in [1.29, 1.82) is 0 Å². The summed E-state index contributed by atoms with van der Waals surface area (Å²) in [4.78, 5) is 5.06. The van der Waals surface area contributed by atoms with Gasteiger partial charge in [0, 0.05) is 45.9 Å². The second-order valence-electron chi connectivity index (χ2n) is 8.01. The molecule has 5 rings (SSSR count). The highest BCUT2D eigenvalue weighted by atomic mass is 16.2. The van der Waals surface area contributed by atoms with Crippen LogP contribution in [0, 0.1) is 6.92 Å². The molecule has 0 saturated heterocycles. The Labute approximate surface area is 176 Å². The topological polar surface area (TPSA) is 38.0 Å². The maximum Gasteiger partial charge on any atom is 0.0741 e. The number of nitrogens with zero attached hydrogens (tertiary/aromatic N) is 2. The number of fused-ring (bicyclic) bond motifs is 4. The maximum absolute atomic E-state index is 9.41. The van der Waals surface area contributed by atoms with Gasteiger partial charge in [-0.3, -0.25) is 0 Å². The zero-order valence-electron chi connectivity index (χ0n) is 17.5. The van der Waals surface area contributed by atoms with Crippen molar-refractivity contribution < 1.29 is 5.11 Å². The summed E-state index contributed by atoms with van der Waals surface area (Å²) >= 11 is 0. The zero-order chi connectivity index (χ0) is 20.7. The molecule has 3 heteroatoms. The Morgan fingerprint density at radius 3 is 2.57 bits per heavy atom. The van der Waals surface area contributed by atoms with Gasteiger partial charge in [-0.05, 0) is 68.7 Å². The predicted octanol–water partition coefficient (Wildman–Crippen LogP) is 6.26. The van der Waals surface area contributed by atoms with E-state index in [0.29, 0.717) is 0 Å². The van der Waals surface area contributed by atoms with Crippen molar-refractivity contribution >= 4 is 32.7 Å². The molecule has 2 aromatic heterocycles. The molecule has 0 aliphatic heterocycles. The fourth-order valence-electron chi connectivity index (χ4n) is 4.59. The van der Waals surface area contributed by atoms with Crippen molar-refractivity contribution in [2.24, 2.45) is 0 Å². The molecule has 0 spiro atoms. The lowest BCUT2D eigenvalue weighted by Gasteiger charge is -2.12. The molecule has 0 unspecified atom stereocenters. The molecule has 0 aliphatic carbocycles. The summed E-state index contributed by atoms with van der Waals surface area (Å²) in [5, 5.41) is 13.1. The molecule has 3 nitrogen and oxygen atoms in total. The molecule has 30 heavy (non-hydrogen) atoms. The van der Waals surface area contributed by atoms with Gasteiger partial charge in [-0.25, -0.2) is 4.98 Å². The van der Waals surface area contributed by atoms with Crippen LogP contribution in [0.2, 0.25) is 0 Å². The third kappa shape index (κ3) is 3.06. The number of aliphatic hydroxyl groups excluding tert-OH is 1. The molecule has 1 N–H and O–H groups in total. The average Bonchev–Trinajstić information content (AvgIpc) is 3.10. The predicted molar refractivity (Wildman–Crippen MR) is 126 cm³/mol. The van der Waals surface area contributed by atoms with Crippen LogP contribution in [0.5, 0.6) is 0 Å². The van der Waals surface area contributed by atoms with Gasteiger partial charge < -0.3 is 9.67 Å². The second kappa shape index (κ2) is 7.58. The minimum atomic E-state index is 0.189. The van der Waals surface area contributed by atoms with Crippen molar-refractivity contribution in [1.82, 2.24) is 9.55 Å². The molecule has 2 heterocycles. The van der Waals surface area contributed by atoms with Gasteiger partial charge in [-0.2, -0.15) is 0 Å². The monoisotopic (exact) mass is 394 g/mol. The van der Waals surface area contributed by atoms with Gasteiger partial charge in [-0.15, -0.1) is 0 Å². The molecule has 5 aromatic rings. The van der Waals surface area contributed by atoms with E-state index < -0.39 is 0 Å². The normalized spacial score (nSPS) is 11.7. The number of para-hydroxylation sites is 1. The van der Waals surface area contributed by atoms with Crippen LogP contribution in [-0.4, -0.2) is 21.3 Å². The summed E-state index contributed by atoms with van der Waals surface area (Å²) in [6, 6.07) is 24.0. The van der Waals surface area contributed by atoms with Gasteiger partial charge in [0.15, 0.2) is 0 Å². The first kappa shape index (κ1) is 18.8. The van der Waals surface area contributed by atoms with Crippen LogP contribution < -0.4 is 0 Å². The largest absolute Gasteiger partial charge is 0.396 e. The molecular weight excluding hydrogens is 368 g/mol. The van der Waals surface area contributed by atoms with E-state index in [0.717, 1.165) is 41.5 Å². The summed E-state index contributed by atoms with van der Waals surface area (Å²) in [6.07, 6.45) is 1.56. The van der Waals surface area contributed by atoms with Crippen molar-refractivity contribution in [3.8, 4) is 11.3 Å². The van der Waals surface area contributed by atoms with Crippen LogP contribution in [0.1, 0.15) is 24.5 Å². The number of hydrogen-bond acceptors (Lipinski definition) is 2.